The minimum absolute atomic E-state index is 0.0441. The molecule has 20 heavy (non-hydrogen) atoms. The van der Waals surface area contributed by atoms with E-state index < -0.39 is 0 Å². The summed E-state index contributed by atoms with van der Waals surface area (Å²) in [5.74, 6) is 0.812. The van der Waals surface area contributed by atoms with Gasteiger partial charge in [-0.05, 0) is 25.7 Å². The molecule has 1 N–H and O–H groups in total. The van der Waals surface area contributed by atoms with Gasteiger partial charge in [-0.15, -0.1) is 10.2 Å². The number of nitrogens with zero attached hydrogens (tertiary/aromatic N) is 2. The predicted molar refractivity (Wildman–Crippen MR) is 74.9 cm³/mol. The van der Waals surface area contributed by atoms with Crippen molar-refractivity contribution in [3.8, 4) is 0 Å². The van der Waals surface area contributed by atoms with Crippen molar-refractivity contribution in [2.45, 2.75) is 56.5 Å². The third-order valence-electron chi connectivity index (χ3n) is 4.80. The van der Waals surface area contributed by atoms with Gasteiger partial charge in [-0.1, -0.05) is 11.6 Å². The topological polar surface area (TPSA) is 56.3 Å². The molecule has 1 aromatic heterocycles. The van der Waals surface area contributed by atoms with E-state index in [1.165, 1.54) is 0 Å². The van der Waals surface area contributed by atoms with Crippen LogP contribution < -0.4 is 5.32 Å². The molecule has 6 heteroatoms. The first-order chi connectivity index (χ1) is 9.71. The Morgan fingerprint density at radius 1 is 1.30 bits per heavy atom. The molecule has 2 heterocycles. The molecule has 0 aromatic carbocycles. The summed E-state index contributed by atoms with van der Waals surface area (Å²) < 4.78 is 11.4. The summed E-state index contributed by atoms with van der Waals surface area (Å²) in [5, 5.41) is 12.3. The van der Waals surface area contributed by atoms with E-state index in [1.807, 2.05) is 0 Å². The van der Waals surface area contributed by atoms with Gasteiger partial charge < -0.3 is 14.8 Å². The molecule has 0 amide bonds. The van der Waals surface area contributed by atoms with E-state index in [-0.39, 0.29) is 11.7 Å². The van der Waals surface area contributed by atoms with Crippen molar-refractivity contribution in [3.63, 3.8) is 0 Å². The predicted octanol–water partition coefficient (Wildman–Crippen LogP) is 2.32. The number of halogens is 1. The number of hydrogen-bond acceptors (Lipinski definition) is 5. The molecule has 1 spiro atoms. The summed E-state index contributed by atoms with van der Waals surface area (Å²) in [5.41, 5.74) is 2.23. The number of fused-ring (bicyclic) bond motifs is 1. The van der Waals surface area contributed by atoms with Crippen LogP contribution in [0.15, 0.2) is 0 Å². The largest absolute Gasteiger partial charge is 0.379 e. The Kier molecular flexibility index (Phi) is 2.91. The lowest BCUT2D eigenvalue weighted by molar-refractivity contribution is 0.00761. The highest BCUT2D eigenvalue weighted by molar-refractivity contribution is 6.30. The van der Waals surface area contributed by atoms with Gasteiger partial charge in [0.05, 0.1) is 24.4 Å². The second-order valence-electron chi connectivity index (χ2n) is 6.05. The molecule has 1 aromatic rings. The number of rotatable bonds is 3. The summed E-state index contributed by atoms with van der Waals surface area (Å²) >= 11 is 6.23. The van der Waals surface area contributed by atoms with Crippen LogP contribution in [0.1, 0.15) is 36.8 Å². The molecule has 0 radical (unpaired) electrons. The number of ether oxygens (including phenoxy) is 2. The van der Waals surface area contributed by atoms with Crippen LogP contribution in [-0.4, -0.2) is 35.1 Å². The average molecular weight is 296 g/mol. The molecule has 2 atom stereocenters. The molecule has 5 nitrogen and oxygen atoms in total. The number of aromatic nitrogens is 2. The van der Waals surface area contributed by atoms with Crippen molar-refractivity contribution in [2.75, 3.05) is 12.4 Å². The lowest BCUT2D eigenvalue weighted by atomic mass is 9.88. The fourth-order valence-electron chi connectivity index (χ4n) is 3.08. The van der Waals surface area contributed by atoms with Crippen molar-refractivity contribution < 1.29 is 9.47 Å². The Bertz CT molecular complexity index is 545. The van der Waals surface area contributed by atoms with Gasteiger partial charge >= 0.3 is 0 Å². The molecule has 2 fully saturated rings. The van der Waals surface area contributed by atoms with E-state index in [4.69, 9.17) is 21.1 Å². The van der Waals surface area contributed by atoms with Gasteiger partial charge in [0.25, 0.3) is 0 Å². The van der Waals surface area contributed by atoms with Crippen LogP contribution in [0.4, 0.5) is 5.82 Å². The highest BCUT2D eigenvalue weighted by atomic mass is 35.5. The van der Waals surface area contributed by atoms with E-state index in [2.05, 4.69) is 15.5 Å². The third-order valence-corrected chi connectivity index (χ3v) is 5.11. The van der Waals surface area contributed by atoms with Gasteiger partial charge in [-0.25, -0.2) is 0 Å². The van der Waals surface area contributed by atoms with E-state index in [1.54, 1.807) is 7.11 Å². The van der Waals surface area contributed by atoms with Gasteiger partial charge in [0.2, 0.25) is 0 Å². The quantitative estimate of drug-likeness (QED) is 0.927. The molecule has 1 aliphatic heterocycles. The first-order valence-electron chi connectivity index (χ1n) is 7.18. The van der Waals surface area contributed by atoms with Gasteiger partial charge in [-0.2, -0.15) is 0 Å². The van der Waals surface area contributed by atoms with Crippen molar-refractivity contribution in [2.24, 2.45) is 0 Å². The zero-order chi connectivity index (χ0) is 13.7. The third kappa shape index (κ3) is 2.00. The van der Waals surface area contributed by atoms with Crippen LogP contribution in [0.2, 0.25) is 5.15 Å². The highest BCUT2D eigenvalue weighted by Crippen LogP contribution is 2.48. The van der Waals surface area contributed by atoms with Gasteiger partial charge in [0.15, 0.2) is 11.0 Å². The van der Waals surface area contributed by atoms with E-state index in [0.29, 0.717) is 17.8 Å². The van der Waals surface area contributed by atoms with Crippen molar-refractivity contribution in [1.29, 1.82) is 0 Å². The summed E-state index contributed by atoms with van der Waals surface area (Å²) in [7, 11) is 1.75. The zero-order valence-electron chi connectivity index (χ0n) is 11.5. The fraction of sp³-hybridized carbons (Fsp3) is 0.714. The Hall–Kier alpha value is -0.910. The molecule has 3 aliphatic rings. The maximum Gasteiger partial charge on any atom is 0.155 e. The number of anilines is 1. The Balaban J connectivity index is 1.61. The fourth-order valence-corrected chi connectivity index (χ4v) is 3.30. The van der Waals surface area contributed by atoms with Crippen molar-refractivity contribution in [3.05, 3.63) is 16.3 Å². The van der Waals surface area contributed by atoms with Gasteiger partial charge in [-0.3, -0.25) is 0 Å². The van der Waals surface area contributed by atoms with Crippen molar-refractivity contribution in [1.82, 2.24) is 10.2 Å². The molecule has 0 saturated heterocycles. The first-order valence-corrected chi connectivity index (χ1v) is 7.56. The van der Waals surface area contributed by atoms with Crippen LogP contribution >= 0.6 is 11.6 Å². The SMILES string of the molecule is CO[C@@H]1CC[C@H]1Nc1nnc(Cl)c2c1COC1(CC1)C2. The Morgan fingerprint density at radius 2 is 2.15 bits per heavy atom. The molecule has 0 unspecified atom stereocenters. The van der Waals surface area contributed by atoms with E-state index in [0.717, 1.165) is 49.0 Å². The maximum atomic E-state index is 6.23. The summed E-state index contributed by atoms with van der Waals surface area (Å²) in [6.07, 6.45) is 5.58. The average Bonchev–Trinajstić information content (AvgIpc) is 3.17. The van der Waals surface area contributed by atoms with Crippen LogP contribution in [0, 0.1) is 0 Å². The number of methoxy groups -OCH3 is 1. The van der Waals surface area contributed by atoms with Crippen LogP contribution in [0.25, 0.3) is 0 Å². The van der Waals surface area contributed by atoms with Crippen molar-refractivity contribution >= 4 is 17.4 Å². The summed E-state index contributed by atoms with van der Waals surface area (Å²) in [6, 6.07) is 0.316. The van der Waals surface area contributed by atoms with Crippen LogP contribution in [0.5, 0.6) is 0 Å². The lowest BCUT2D eigenvalue weighted by Gasteiger charge is -2.37. The molecular formula is C14H18ClN3O2. The van der Waals surface area contributed by atoms with Gasteiger partial charge in [0.1, 0.15) is 0 Å². The zero-order valence-corrected chi connectivity index (χ0v) is 12.2. The van der Waals surface area contributed by atoms with E-state index in [9.17, 15) is 0 Å². The second kappa shape index (κ2) is 4.55. The van der Waals surface area contributed by atoms with Crippen LogP contribution in [0.3, 0.4) is 0 Å². The standard InChI is InChI=1S/C14H18ClN3O2/c1-19-11-3-2-10(11)16-13-9-7-20-14(4-5-14)6-8(9)12(15)17-18-13/h10-11H,2-7H2,1H3,(H,16,18)/t10-,11-/m1/s1. The number of nitrogens with one attached hydrogen (secondary N) is 1. The second-order valence-corrected chi connectivity index (χ2v) is 6.41. The van der Waals surface area contributed by atoms with E-state index >= 15 is 0 Å². The molecule has 4 rings (SSSR count). The molecular weight excluding hydrogens is 278 g/mol. The lowest BCUT2D eigenvalue weighted by Crippen LogP contribution is -2.44. The molecule has 108 valence electrons. The monoisotopic (exact) mass is 295 g/mol. The van der Waals surface area contributed by atoms with Crippen LogP contribution in [-0.2, 0) is 22.5 Å². The smallest absolute Gasteiger partial charge is 0.155 e. The molecule has 0 bridgehead atoms. The maximum absolute atomic E-state index is 6.23. The highest BCUT2D eigenvalue weighted by Gasteiger charge is 2.48. The first kappa shape index (κ1) is 12.8. The Morgan fingerprint density at radius 3 is 2.80 bits per heavy atom. The minimum atomic E-state index is 0.0441. The Labute approximate surface area is 123 Å². The summed E-state index contributed by atoms with van der Waals surface area (Å²) in [4.78, 5) is 0. The minimum Gasteiger partial charge on any atom is -0.379 e. The van der Waals surface area contributed by atoms with Gasteiger partial charge in [0, 0.05) is 24.7 Å². The summed E-state index contributed by atoms with van der Waals surface area (Å²) in [6.45, 7) is 0.581. The normalized spacial score (nSPS) is 29.7. The molecule has 2 aliphatic carbocycles. The molecule has 2 saturated carbocycles. The number of hydrogen-bond donors (Lipinski definition) is 1.